The number of imide groups is 1. The molecule has 0 aromatic heterocycles. The Morgan fingerprint density at radius 2 is 1.46 bits per heavy atom. The molecule has 2 amide bonds. The summed E-state index contributed by atoms with van der Waals surface area (Å²) in [6.45, 7) is 0.169. The summed E-state index contributed by atoms with van der Waals surface area (Å²) in [7, 11) is -3.95. The van der Waals surface area contributed by atoms with Crippen LogP contribution in [-0.2, 0) is 14.8 Å². The van der Waals surface area contributed by atoms with E-state index in [9.17, 15) is 18.0 Å². The molecule has 1 atom stereocenters. The predicted octanol–water partition coefficient (Wildman–Crippen LogP) is 1.68. The Hall–Kier alpha value is -2.55. The van der Waals surface area contributed by atoms with Gasteiger partial charge in [-0.1, -0.05) is 42.5 Å². The van der Waals surface area contributed by atoms with E-state index in [-0.39, 0.29) is 25.0 Å². The van der Waals surface area contributed by atoms with E-state index in [4.69, 9.17) is 9.88 Å². The fraction of sp³-hybridized carbons (Fsp3) is 0.222. The average molecular weight is 374 g/mol. The summed E-state index contributed by atoms with van der Waals surface area (Å²) in [4.78, 5) is 25.7. The number of fused-ring (bicyclic) bond motifs is 1. The number of carbonyl (C=O) groups is 2. The van der Waals surface area contributed by atoms with Crippen LogP contribution in [0.4, 0.5) is 0 Å². The van der Waals surface area contributed by atoms with Crippen molar-refractivity contribution in [1.82, 2.24) is 4.90 Å². The Morgan fingerprint density at radius 1 is 0.923 bits per heavy atom. The molecule has 8 heteroatoms. The van der Waals surface area contributed by atoms with Crippen LogP contribution in [0.1, 0.15) is 38.1 Å². The van der Waals surface area contributed by atoms with E-state index in [1.54, 1.807) is 54.6 Å². The van der Waals surface area contributed by atoms with Gasteiger partial charge in [0.1, 0.15) is 0 Å². The van der Waals surface area contributed by atoms with Gasteiger partial charge in [0.25, 0.3) is 11.8 Å². The van der Waals surface area contributed by atoms with Gasteiger partial charge >= 0.3 is 0 Å². The van der Waals surface area contributed by atoms with Crippen molar-refractivity contribution in [3.8, 4) is 0 Å². The minimum absolute atomic E-state index is 0.0311. The summed E-state index contributed by atoms with van der Waals surface area (Å²) in [5, 5.41) is 5.25. The molecular weight excluding hydrogens is 356 g/mol. The molecule has 1 unspecified atom stereocenters. The number of hydrogen-bond acceptors (Lipinski definition) is 5. The number of hydrogen-bond donors (Lipinski definition) is 1. The van der Waals surface area contributed by atoms with Crippen LogP contribution in [0.2, 0.25) is 0 Å². The molecule has 2 aromatic rings. The van der Waals surface area contributed by atoms with Crippen molar-refractivity contribution in [2.24, 2.45) is 5.14 Å². The average Bonchev–Trinajstić information content (AvgIpc) is 2.86. The number of nitrogens with zero attached hydrogens (tertiary/aromatic N) is 1. The third-order valence-corrected chi connectivity index (χ3v) is 5.05. The lowest BCUT2D eigenvalue weighted by Crippen LogP contribution is -2.32. The van der Waals surface area contributed by atoms with E-state index >= 15 is 0 Å². The molecule has 0 saturated heterocycles. The van der Waals surface area contributed by atoms with Gasteiger partial charge in [0.15, 0.2) is 5.44 Å². The van der Waals surface area contributed by atoms with Crippen LogP contribution in [0.15, 0.2) is 54.6 Å². The molecule has 136 valence electrons. The van der Waals surface area contributed by atoms with Gasteiger partial charge in [0.05, 0.1) is 17.7 Å². The van der Waals surface area contributed by atoms with Crippen LogP contribution < -0.4 is 5.14 Å². The van der Waals surface area contributed by atoms with Gasteiger partial charge in [-0.05, 0) is 24.1 Å². The third-order valence-electron chi connectivity index (χ3n) is 4.04. The maximum absolute atomic E-state index is 12.3. The summed E-state index contributed by atoms with van der Waals surface area (Å²) >= 11 is 0. The van der Waals surface area contributed by atoms with E-state index in [1.807, 2.05) is 0 Å². The zero-order chi connectivity index (χ0) is 18.7. The fourth-order valence-electron chi connectivity index (χ4n) is 2.85. The normalized spacial score (nSPS) is 15.2. The minimum atomic E-state index is -3.95. The number of sulfonamides is 1. The molecule has 0 bridgehead atoms. The number of primary sulfonamides is 1. The number of ether oxygens (including phenoxy) is 1. The summed E-state index contributed by atoms with van der Waals surface area (Å²) < 4.78 is 29.0. The Kier molecular flexibility index (Phi) is 5.17. The highest BCUT2D eigenvalue weighted by Crippen LogP contribution is 2.24. The van der Waals surface area contributed by atoms with Crippen LogP contribution in [0.5, 0.6) is 0 Å². The molecule has 0 aliphatic carbocycles. The Labute approximate surface area is 151 Å². The lowest BCUT2D eigenvalue weighted by atomic mass is 10.1. The van der Waals surface area contributed by atoms with E-state index in [1.165, 1.54) is 0 Å². The highest BCUT2D eigenvalue weighted by atomic mass is 32.2. The van der Waals surface area contributed by atoms with Crippen molar-refractivity contribution in [2.45, 2.75) is 11.9 Å². The first kappa shape index (κ1) is 18.2. The highest BCUT2D eigenvalue weighted by molar-refractivity contribution is 7.89. The molecule has 2 aromatic carbocycles. The number of amides is 2. The zero-order valence-corrected chi connectivity index (χ0v) is 14.7. The first-order chi connectivity index (χ1) is 12.4. The molecule has 0 saturated carbocycles. The first-order valence-corrected chi connectivity index (χ1v) is 9.64. The van der Waals surface area contributed by atoms with Crippen LogP contribution in [-0.4, -0.2) is 38.3 Å². The highest BCUT2D eigenvalue weighted by Gasteiger charge is 2.34. The number of carbonyl (C=O) groups excluding carboxylic acids is 2. The van der Waals surface area contributed by atoms with Crippen molar-refractivity contribution in [3.05, 3.63) is 71.3 Å². The monoisotopic (exact) mass is 374 g/mol. The van der Waals surface area contributed by atoms with Crippen LogP contribution in [0.3, 0.4) is 0 Å². The van der Waals surface area contributed by atoms with Gasteiger partial charge < -0.3 is 4.74 Å². The smallest absolute Gasteiger partial charge is 0.261 e. The second-order valence-corrected chi connectivity index (χ2v) is 7.47. The quantitative estimate of drug-likeness (QED) is 0.586. The second-order valence-electron chi connectivity index (χ2n) is 5.86. The molecule has 3 rings (SSSR count). The van der Waals surface area contributed by atoms with E-state index in [0.717, 1.165) is 4.90 Å². The molecule has 0 spiro atoms. The van der Waals surface area contributed by atoms with Gasteiger partial charge in [0, 0.05) is 6.54 Å². The van der Waals surface area contributed by atoms with Gasteiger partial charge in [0.2, 0.25) is 10.0 Å². The molecule has 2 N–H and O–H groups in total. The standard InChI is InChI=1S/C18H18N2O5S/c19-26(23,24)18(13-7-2-1-3-8-13)25-12-6-11-20-16(21)14-9-4-5-10-15(14)17(20)22/h1-5,7-10,18H,6,11-12H2,(H2,19,23,24). The topological polar surface area (TPSA) is 107 Å². The molecular formula is C18H18N2O5S. The van der Waals surface area contributed by atoms with Crippen molar-refractivity contribution < 1.29 is 22.7 Å². The molecule has 1 aliphatic heterocycles. The van der Waals surface area contributed by atoms with Gasteiger partial charge in [-0.25, -0.2) is 13.6 Å². The summed E-state index contributed by atoms with van der Waals surface area (Å²) in [6, 6.07) is 15.0. The molecule has 26 heavy (non-hydrogen) atoms. The number of rotatable bonds is 7. The lowest BCUT2D eigenvalue weighted by Gasteiger charge is -2.18. The minimum Gasteiger partial charge on any atom is -0.356 e. The molecule has 1 aliphatic rings. The summed E-state index contributed by atoms with van der Waals surface area (Å²) in [5.74, 6) is -0.701. The molecule has 0 radical (unpaired) electrons. The summed E-state index contributed by atoms with van der Waals surface area (Å²) in [6.07, 6.45) is 0.296. The zero-order valence-electron chi connectivity index (χ0n) is 13.9. The predicted molar refractivity (Wildman–Crippen MR) is 94.7 cm³/mol. The maximum Gasteiger partial charge on any atom is 0.261 e. The van der Waals surface area contributed by atoms with Crippen molar-refractivity contribution in [2.75, 3.05) is 13.2 Å². The van der Waals surface area contributed by atoms with Crippen LogP contribution in [0.25, 0.3) is 0 Å². The van der Waals surface area contributed by atoms with Crippen LogP contribution in [0, 0.1) is 0 Å². The maximum atomic E-state index is 12.3. The molecule has 0 fully saturated rings. The van der Waals surface area contributed by atoms with Crippen LogP contribution >= 0.6 is 0 Å². The first-order valence-electron chi connectivity index (χ1n) is 8.03. The Morgan fingerprint density at radius 3 is 2.00 bits per heavy atom. The van der Waals surface area contributed by atoms with Gasteiger partial charge in [-0.3, -0.25) is 14.5 Å². The van der Waals surface area contributed by atoms with E-state index in [0.29, 0.717) is 23.1 Å². The Bertz CT molecular complexity index is 893. The largest absolute Gasteiger partial charge is 0.356 e. The van der Waals surface area contributed by atoms with Crippen molar-refractivity contribution in [1.29, 1.82) is 0 Å². The molecule has 7 nitrogen and oxygen atoms in total. The van der Waals surface area contributed by atoms with Gasteiger partial charge in [-0.15, -0.1) is 0 Å². The van der Waals surface area contributed by atoms with Crippen molar-refractivity contribution >= 4 is 21.8 Å². The summed E-state index contributed by atoms with van der Waals surface area (Å²) in [5.41, 5.74) is -0.100. The van der Waals surface area contributed by atoms with E-state index in [2.05, 4.69) is 0 Å². The Balaban J connectivity index is 1.60. The van der Waals surface area contributed by atoms with E-state index < -0.39 is 15.5 Å². The number of benzene rings is 2. The molecule has 1 heterocycles. The lowest BCUT2D eigenvalue weighted by molar-refractivity contribution is 0.0608. The van der Waals surface area contributed by atoms with Crippen molar-refractivity contribution in [3.63, 3.8) is 0 Å². The second kappa shape index (κ2) is 7.36. The third kappa shape index (κ3) is 3.67. The number of nitrogens with two attached hydrogens (primary N) is 1. The fourth-order valence-corrected chi connectivity index (χ4v) is 3.67. The SMILES string of the molecule is NS(=O)(=O)C(OCCCN1C(=O)c2ccccc2C1=O)c1ccccc1. The van der Waals surface area contributed by atoms with Gasteiger partial charge in [-0.2, -0.15) is 0 Å².